The molecule has 0 aromatic heterocycles. The first-order chi connectivity index (χ1) is 9.10. The molecule has 0 amide bonds. The fourth-order valence-electron chi connectivity index (χ4n) is 3.06. The standard InChI is InChI=1S/C16H23NO2/c1-16(13-6-3-2-4-7-13)10-9-14(12-16)17-11-5-8-15(18)19/h2-4,6-7,14,17H,5,8-12H2,1H3,(H,18,19). The SMILES string of the molecule is CC1(c2ccccc2)CCC(NCCCC(=O)O)C1. The smallest absolute Gasteiger partial charge is 0.303 e. The van der Waals surface area contributed by atoms with Gasteiger partial charge in [0.25, 0.3) is 0 Å². The van der Waals surface area contributed by atoms with Crippen LogP contribution in [0, 0.1) is 0 Å². The van der Waals surface area contributed by atoms with Crippen LogP contribution < -0.4 is 5.32 Å². The van der Waals surface area contributed by atoms with Gasteiger partial charge < -0.3 is 10.4 Å². The quantitative estimate of drug-likeness (QED) is 0.774. The summed E-state index contributed by atoms with van der Waals surface area (Å²) in [5.41, 5.74) is 1.69. The van der Waals surface area contributed by atoms with E-state index < -0.39 is 5.97 Å². The number of carboxylic acid groups (broad SMARTS) is 1. The summed E-state index contributed by atoms with van der Waals surface area (Å²) in [7, 11) is 0. The largest absolute Gasteiger partial charge is 0.481 e. The first-order valence-electron chi connectivity index (χ1n) is 7.11. The van der Waals surface area contributed by atoms with E-state index in [4.69, 9.17) is 5.11 Å². The molecule has 1 saturated carbocycles. The Balaban J connectivity index is 1.81. The topological polar surface area (TPSA) is 49.3 Å². The van der Waals surface area contributed by atoms with Gasteiger partial charge in [0.05, 0.1) is 0 Å². The van der Waals surface area contributed by atoms with Gasteiger partial charge >= 0.3 is 5.97 Å². The van der Waals surface area contributed by atoms with Crippen molar-refractivity contribution in [1.29, 1.82) is 0 Å². The third-order valence-electron chi connectivity index (χ3n) is 4.21. The zero-order valence-electron chi connectivity index (χ0n) is 11.6. The summed E-state index contributed by atoms with van der Waals surface area (Å²) in [6.07, 6.45) is 4.50. The van der Waals surface area contributed by atoms with E-state index in [0.29, 0.717) is 12.5 Å². The Hall–Kier alpha value is -1.35. The second-order valence-corrected chi connectivity index (χ2v) is 5.82. The van der Waals surface area contributed by atoms with E-state index >= 15 is 0 Å². The second-order valence-electron chi connectivity index (χ2n) is 5.82. The summed E-state index contributed by atoms with van der Waals surface area (Å²) in [6.45, 7) is 3.14. The van der Waals surface area contributed by atoms with E-state index in [9.17, 15) is 4.79 Å². The van der Waals surface area contributed by atoms with E-state index in [-0.39, 0.29) is 11.8 Å². The van der Waals surface area contributed by atoms with Crippen molar-refractivity contribution in [3.63, 3.8) is 0 Å². The van der Waals surface area contributed by atoms with Crippen molar-refractivity contribution in [2.24, 2.45) is 0 Å². The number of nitrogens with one attached hydrogen (secondary N) is 1. The Morgan fingerprint density at radius 3 is 2.84 bits per heavy atom. The molecule has 2 atom stereocenters. The van der Waals surface area contributed by atoms with Crippen molar-refractivity contribution in [2.75, 3.05) is 6.54 Å². The van der Waals surface area contributed by atoms with Crippen molar-refractivity contribution in [1.82, 2.24) is 5.32 Å². The molecule has 2 unspecified atom stereocenters. The fourth-order valence-corrected chi connectivity index (χ4v) is 3.06. The van der Waals surface area contributed by atoms with E-state index in [0.717, 1.165) is 13.0 Å². The maximum atomic E-state index is 10.5. The van der Waals surface area contributed by atoms with Crippen molar-refractivity contribution in [2.45, 2.75) is 50.5 Å². The molecule has 0 aliphatic heterocycles. The Bertz CT molecular complexity index is 418. The molecule has 2 rings (SSSR count). The van der Waals surface area contributed by atoms with Crippen LogP contribution in [0.3, 0.4) is 0 Å². The lowest BCUT2D eigenvalue weighted by Crippen LogP contribution is -2.30. The van der Waals surface area contributed by atoms with Gasteiger partial charge in [-0.15, -0.1) is 0 Å². The average molecular weight is 261 g/mol. The molecule has 3 nitrogen and oxygen atoms in total. The minimum atomic E-state index is -0.706. The molecular formula is C16H23NO2. The Morgan fingerprint density at radius 2 is 2.16 bits per heavy atom. The molecule has 19 heavy (non-hydrogen) atoms. The zero-order chi connectivity index (χ0) is 13.7. The molecule has 1 fully saturated rings. The van der Waals surface area contributed by atoms with Crippen LogP contribution in [0.25, 0.3) is 0 Å². The minimum absolute atomic E-state index is 0.260. The van der Waals surface area contributed by atoms with Gasteiger partial charge in [0.1, 0.15) is 0 Å². The number of benzene rings is 1. The highest BCUT2D eigenvalue weighted by Crippen LogP contribution is 2.40. The Labute approximate surface area is 115 Å². The summed E-state index contributed by atoms with van der Waals surface area (Å²) < 4.78 is 0. The number of carbonyl (C=O) groups is 1. The van der Waals surface area contributed by atoms with Gasteiger partial charge in [0, 0.05) is 12.5 Å². The minimum Gasteiger partial charge on any atom is -0.481 e. The highest BCUT2D eigenvalue weighted by molar-refractivity contribution is 5.66. The molecule has 0 heterocycles. The van der Waals surface area contributed by atoms with E-state index in [2.05, 4.69) is 42.6 Å². The van der Waals surface area contributed by atoms with Gasteiger partial charge in [0.2, 0.25) is 0 Å². The Morgan fingerprint density at radius 1 is 1.42 bits per heavy atom. The number of hydrogen-bond donors (Lipinski definition) is 2. The number of hydrogen-bond acceptors (Lipinski definition) is 2. The van der Waals surface area contributed by atoms with Gasteiger partial charge in [0.15, 0.2) is 0 Å². The van der Waals surface area contributed by atoms with Gasteiger partial charge in [-0.3, -0.25) is 4.79 Å². The molecule has 3 heteroatoms. The van der Waals surface area contributed by atoms with Crippen LogP contribution in [0.2, 0.25) is 0 Å². The lowest BCUT2D eigenvalue weighted by Gasteiger charge is -2.25. The van der Waals surface area contributed by atoms with Crippen molar-refractivity contribution in [3.8, 4) is 0 Å². The zero-order valence-corrected chi connectivity index (χ0v) is 11.6. The highest BCUT2D eigenvalue weighted by atomic mass is 16.4. The summed E-state index contributed by atoms with van der Waals surface area (Å²) in [4.78, 5) is 10.5. The molecule has 1 aliphatic rings. The fraction of sp³-hybridized carbons (Fsp3) is 0.562. The highest BCUT2D eigenvalue weighted by Gasteiger charge is 2.35. The summed E-state index contributed by atoms with van der Waals surface area (Å²) >= 11 is 0. The van der Waals surface area contributed by atoms with E-state index in [1.165, 1.54) is 18.4 Å². The number of aliphatic carboxylic acids is 1. The first kappa shape index (κ1) is 14.1. The van der Waals surface area contributed by atoms with Crippen LogP contribution in [0.5, 0.6) is 0 Å². The van der Waals surface area contributed by atoms with Crippen molar-refractivity contribution < 1.29 is 9.90 Å². The Kier molecular flexibility index (Phi) is 4.59. The monoisotopic (exact) mass is 261 g/mol. The number of carboxylic acids is 1. The van der Waals surface area contributed by atoms with Crippen LogP contribution >= 0.6 is 0 Å². The van der Waals surface area contributed by atoms with Gasteiger partial charge in [-0.25, -0.2) is 0 Å². The van der Waals surface area contributed by atoms with Crippen LogP contribution in [0.4, 0.5) is 0 Å². The van der Waals surface area contributed by atoms with Crippen molar-refractivity contribution >= 4 is 5.97 Å². The second kappa shape index (κ2) is 6.20. The van der Waals surface area contributed by atoms with Crippen LogP contribution in [0.1, 0.15) is 44.6 Å². The summed E-state index contributed by atoms with van der Waals surface area (Å²) in [5, 5.41) is 12.1. The predicted molar refractivity (Wildman–Crippen MR) is 76.3 cm³/mol. The molecule has 0 saturated heterocycles. The van der Waals surface area contributed by atoms with Crippen LogP contribution in [-0.2, 0) is 10.2 Å². The van der Waals surface area contributed by atoms with Crippen LogP contribution in [-0.4, -0.2) is 23.7 Å². The molecule has 1 aromatic rings. The summed E-state index contributed by atoms with van der Waals surface area (Å²) in [5.74, 6) is -0.706. The van der Waals surface area contributed by atoms with Gasteiger partial charge in [-0.1, -0.05) is 37.3 Å². The molecule has 0 spiro atoms. The maximum absolute atomic E-state index is 10.5. The molecular weight excluding hydrogens is 238 g/mol. The predicted octanol–water partition coefficient (Wildman–Crippen LogP) is 2.95. The molecule has 0 radical (unpaired) electrons. The summed E-state index contributed by atoms with van der Waals surface area (Å²) in [6, 6.07) is 11.2. The molecule has 104 valence electrons. The number of rotatable bonds is 6. The van der Waals surface area contributed by atoms with Gasteiger partial charge in [-0.05, 0) is 43.2 Å². The molecule has 1 aromatic carbocycles. The average Bonchev–Trinajstić information content (AvgIpc) is 2.79. The molecule has 0 bridgehead atoms. The van der Waals surface area contributed by atoms with E-state index in [1.54, 1.807) is 0 Å². The van der Waals surface area contributed by atoms with Crippen molar-refractivity contribution in [3.05, 3.63) is 35.9 Å². The first-order valence-corrected chi connectivity index (χ1v) is 7.11. The van der Waals surface area contributed by atoms with Gasteiger partial charge in [-0.2, -0.15) is 0 Å². The normalized spacial score (nSPS) is 26.5. The maximum Gasteiger partial charge on any atom is 0.303 e. The molecule has 2 N–H and O–H groups in total. The lowest BCUT2D eigenvalue weighted by atomic mass is 9.81. The van der Waals surface area contributed by atoms with E-state index in [1.807, 2.05) is 0 Å². The molecule has 1 aliphatic carbocycles. The lowest BCUT2D eigenvalue weighted by molar-refractivity contribution is -0.137. The third-order valence-corrected chi connectivity index (χ3v) is 4.21. The third kappa shape index (κ3) is 3.80. The van der Waals surface area contributed by atoms with Crippen LogP contribution in [0.15, 0.2) is 30.3 Å².